The quantitative estimate of drug-likeness (QED) is 0.210. The molecule has 196 valence electrons. The Morgan fingerprint density at radius 1 is 0.381 bits per heavy atom. The summed E-state index contributed by atoms with van der Waals surface area (Å²) in [6.45, 7) is 0. The van der Waals surface area contributed by atoms with E-state index in [4.69, 9.17) is 8.83 Å². The number of fused-ring (bicyclic) bond motifs is 6. The van der Waals surface area contributed by atoms with Crippen LogP contribution in [0.25, 0.3) is 87.8 Å². The van der Waals surface area contributed by atoms with Crippen LogP contribution in [0.15, 0.2) is 155 Å². The van der Waals surface area contributed by atoms with Crippen LogP contribution in [0.4, 0.5) is 0 Å². The van der Waals surface area contributed by atoms with Crippen molar-refractivity contribution < 1.29 is 8.83 Å². The molecular weight excluding hydrogens is 512 g/mol. The van der Waals surface area contributed by atoms with Crippen LogP contribution in [0.2, 0.25) is 0 Å². The van der Waals surface area contributed by atoms with E-state index in [-0.39, 0.29) is 0 Å². The fourth-order valence-corrected chi connectivity index (χ4v) is 6.77. The lowest BCUT2D eigenvalue weighted by atomic mass is 9.83. The van der Waals surface area contributed by atoms with Gasteiger partial charge in [0.15, 0.2) is 0 Å². The normalized spacial score (nSPS) is 11.8. The molecule has 0 radical (unpaired) electrons. The zero-order chi connectivity index (χ0) is 27.6. The molecule has 42 heavy (non-hydrogen) atoms. The molecule has 7 aromatic carbocycles. The summed E-state index contributed by atoms with van der Waals surface area (Å²) in [7, 11) is 0. The van der Waals surface area contributed by atoms with Crippen molar-refractivity contribution in [2.24, 2.45) is 0 Å². The predicted octanol–water partition coefficient (Wildman–Crippen LogP) is 11.6. The van der Waals surface area contributed by atoms with Gasteiger partial charge in [-0.05, 0) is 62.0 Å². The van der Waals surface area contributed by atoms with Gasteiger partial charge in [-0.25, -0.2) is 0 Å². The maximum absolute atomic E-state index is 6.65. The zero-order valence-corrected chi connectivity index (χ0v) is 22.7. The molecular formula is C40H24O2. The summed E-state index contributed by atoms with van der Waals surface area (Å²) in [6.07, 6.45) is 1.78. The SMILES string of the molecule is c1ccc(-c2ccccc2-c2c3ccccc3c(-c3c4occc4cc4c3oc3ccccc34)c3ccccc23)cc1. The first kappa shape index (κ1) is 23.1. The Balaban J connectivity index is 1.48. The van der Waals surface area contributed by atoms with Crippen LogP contribution in [0.1, 0.15) is 0 Å². The van der Waals surface area contributed by atoms with E-state index in [2.05, 4.69) is 127 Å². The van der Waals surface area contributed by atoms with Crippen molar-refractivity contribution in [2.45, 2.75) is 0 Å². The van der Waals surface area contributed by atoms with Crippen LogP contribution in [0, 0.1) is 0 Å². The number of hydrogen-bond acceptors (Lipinski definition) is 2. The smallest absolute Gasteiger partial charge is 0.147 e. The van der Waals surface area contributed by atoms with Gasteiger partial charge in [0.25, 0.3) is 0 Å². The number of furan rings is 2. The maximum Gasteiger partial charge on any atom is 0.147 e. The van der Waals surface area contributed by atoms with E-state index in [9.17, 15) is 0 Å². The van der Waals surface area contributed by atoms with Crippen LogP contribution in [-0.2, 0) is 0 Å². The molecule has 0 saturated heterocycles. The van der Waals surface area contributed by atoms with Gasteiger partial charge in [0, 0.05) is 21.7 Å². The average molecular weight is 537 g/mol. The van der Waals surface area contributed by atoms with Gasteiger partial charge in [0.2, 0.25) is 0 Å². The molecule has 0 N–H and O–H groups in total. The minimum Gasteiger partial charge on any atom is -0.464 e. The minimum absolute atomic E-state index is 0.842. The van der Waals surface area contributed by atoms with Gasteiger partial charge in [0.1, 0.15) is 16.7 Å². The summed E-state index contributed by atoms with van der Waals surface area (Å²) in [6, 6.07) is 49.4. The van der Waals surface area contributed by atoms with Gasteiger partial charge in [0.05, 0.1) is 11.8 Å². The fraction of sp³-hybridized carbons (Fsp3) is 0. The molecule has 0 aliphatic carbocycles. The second kappa shape index (κ2) is 8.95. The van der Waals surface area contributed by atoms with Crippen molar-refractivity contribution in [1.29, 1.82) is 0 Å². The largest absolute Gasteiger partial charge is 0.464 e. The van der Waals surface area contributed by atoms with Crippen LogP contribution in [0.3, 0.4) is 0 Å². The first-order valence-corrected chi connectivity index (χ1v) is 14.3. The molecule has 0 unspecified atom stereocenters. The molecule has 0 aliphatic rings. The third kappa shape index (κ3) is 3.27. The molecule has 9 rings (SSSR count). The topological polar surface area (TPSA) is 26.3 Å². The Morgan fingerprint density at radius 3 is 1.67 bits per heavy atom. The highest BCUT2D eigenvalue weighted by Crippen LogP contribution is 2.50. The lowest BCUT2D eigenvalue weighted by Gasteiger charge is -2.20. The molecule has 0 atom stereocenters. The van der Waals surface area contributed by atoms with Gasteiger partial charge < -0.3 is 8.83 Å². The highest BCUT2D eigenvalue weighted by molar-refractivity contribution is 6.28. The molecule has 0 fully saturated rings. The molecule has 0 spiro atoms. The third-order valence-corrected chi connectivity index (χ3v) is 8.55. The number of rotatable bonds is 3. The second-order valence-electron chi connectivity index (χ2n) is 10.8. The average Bonchev–Trinajstić information content (AvgIpc) is 3.68. The fourth-order valence-electron chi connectivity index (χ4n) is 6.77. The van der Waals surface area contributed by atoms with Crippen molar-refractivity contribution in [1.82, 2.24) is 0 Å². The van der Waals surface area contributed by atoms with E-state index in [1.807, 2.05) is 12.1 Å². The number of para-hydroxylation sites is 1. The summed E-state index contributed by atoms with van der Waals surface area (Å²) in [5, 5.41) is 8.00. The van der Waals surface area contributed by atoms with E-state index in [0.717, 1.165) is 44.0 Å². The molecule has 0 amide bonds. The van der Waals surface area contributed by atoms with E-state index in [1.54, 1.807) is 6.26 Å². The molecule has 2 aromatic heterocycles. The van der Waals surface area contributed by atoms with Gasteiger partial charge in [-0.15, -0.1) is 0 Å². The summed E-state index contributed by atoms with van der Waals surface area (Å²) < 4.78 is 12.9. The van der Waals surface area contributed by atoms with Crippen molar-refractivity contribution in [3.8, 4) is 33.4 Å². The molecule has 9 aromatic rings. The lowest BCUT2D eigenvalue weighted by Crippen LogP contribution is -1.93. The van der Waals surface area contributed by atoms with Crippen molar-refractivity contribution in [3.05, 3.63) is 146 Å². The highest BCUT2D eigenvalue weighted by atomic mass is 16.3. The van der Waals surface area contributed by atoms with Crippen LogP contribution < -0.4 is 0 Å². The van der Waals surface area contributed by atoms with E-state index in [0.29, 0.717) is 0 Å². The van der Waals surface area contributed by atoms with Crippen molar-refractivity contribution in [3.63, 3.8) is 0 Å². The van der Waals surface area contributed by atoms with E-state index in [1.165, 1.54) is 43.8 Å². The Labute approximate surface area is 242 Å². The van der Waals surface area contributed by atoms with Gasteiger partial charge in [-0.3, -0.25) is 0 Å². The predicted molar refractivity (Wildman–Crippen MR) is 175 cm³/mol. The summed E-state index contributed by atoms with van der Waals surface area (Å²) in [5.74, 6) is 0. The Bertz CT molecular complexity index is 2400. The van der Waals surface area contributed by atoms with Crippen LogP contribution >= 0.6 is 0 Å². The molecule has 2 heterocycles. The highest BCUT2D eigenvalue weighted by Gasteiger charge is 2.24. The minimum atomic E-state index is 0.842. The van der Waals surface area contributed by atoms with Crippen molar-refractivity contribution >= 4 is 54.5 Å². The molecule has 2 nitrogen and oxygen atoms in total. The third-order valence-electron chi connectivity index (χ3n) is 8.55. The van der Waals surface area contributed by atoms with Crippen molar-refractivity contribution in [2.75, 3.05) is 0 Å². The Hall–Kier alpha value is -5.60. The van der Waals surface area contributed by atoms with Gasteiger partial charge >= 0.3 is 0 Å². The monoisotopic (exact) mass is 536 g/mol. The maximum atomic E-state index is 6.65. The Kier molecular flexibility index (Phi) is 4.93. The van der Waals surface area contributed by atoms with Gasteiger partial charge in [-0.1, -0.05) is 121 Å². The van der Waals surface area contributed by atoms with E-state index < -0.39 is 0 Å². The molecule has 0 saturated carbocycles. The number of hydrogen-bond donors (Lipinski definition) is 0. The summed E-state index contributed by atoms with van der Waals surface area (Å²) >= 11 is 0. The second-order valence-corrected chi connectivity index (χ2v) is 10.8. The van der Waals surface area contributed by atoms with Crippen LogP contribution in [-0.4, -0.2) is 0 Å². The zero-order valence-electron chi connectivity index (χ0n) is 22.7. The lowest BCUT2D eigenvalue weighted by molar-refractivity contribution is 0.615. The standard InChI is InChI=1S/C40H24O2/c1-2-12-25(13-3-1)27-14-4-5-16-29(27)36-30-17-6-8-19-32(30)37(33-20-9-7-18-31(33)36)38-39-26(22-23-41-39)24-34-28-15-10-11-21-35(28)42-40(34)38/h1-24H. The Morgan fingerprint density at radius 2 is 0.952 bits per heavy atom. The van der Waals surface area contributed by atoms with Gasteiger partial charge in [-0.2, -0.15) is 0 Å². The molecule has 2 heteroatoms. The summed E-state index contributed by atoms with van der Waals surface area (Å²) in [4.78, 5) is 0. The van der Waals surface area contributed by atoms with Crippen LogP contribution in [0.5, 0.6) is 0 Å². The summed E-state index contributed by atoms with van der Waals surface area (Å²) in [5.41, 5.74) is 9.57. The first-order chi connectivity index (χ1) is 20.9. The first-order valence-electron chi connectivity index (χ1n) is 14.3. The molecule has 0 bridgehead atoms. The number of benzene rings is 7. The van der Waals surface area contributed by atoms with E-state index >= 15 is 0 Å². The molecule has 0 aliphatic heterocycles.